The Hall–Kier alpha value is -0.740. The van der Waals surface area contributed by atoms with Crippen LogP contribution in [0.25, 0.3) is 0 Å². The minimum Gasteiger partial charge on any atom is -0.481 e. The average Bonchev–Trinajstić information content (AvgIpc) is 1.96. The summed E-state index contributed by atoms with van der Waals surface area (Å²) in [6, 6.07) is 0. The van der Waals surface area contributed by atoms with E-state index in [0.717, 1.165) is 0 Å². The van der Waals surface area contributed by atoms with Gasteiger partial charge in [0.25, 0.3) is 0 Å². The first kappa shape index (κ1) is 12.3. The minimum absolute atomic E-state index is 0.0683. The largest absolute Gasteiger partial charge is 0.481 e. The SMILES string of the molecule is CCC(CC(C)C(=O)O)C(F)(F)F. The molecule has 0 radical (unpaired) electrons. The number of aliphatic carboxylic acids is 1. The molecule has 0 amide bonds. The van der Waals surface area contributed by atoms with Crippen molar-refractivity contribution in [2.45, 2.75) is 32.9 Å². The molecule has 0 heterocycles. The number of carboxylic acid groups (broad SMARTS) is 1. The van der Waals surface area contributed by atoms with Crippen LogP contribution < -0.4 is 0 Å². The van der Waals surface area contributed by atoms with E-state index in [1.54, 1.807) is 0 Å². The van der Waals surface area contributed by atoms with Crippen LogP contribution in [0.15, 0.2) is 0 Å². The van der Waals surface area contributed by atoms with Gasteiger partial charge in [-0.15, -0.1) is 0 Å². The number of carboxylic acids is 1. The van der Waals surface area contributed by atoms with Gasteiger partial charge in [-0.1, -0.05) is 13.8 Å². The van der Waals surface area contributed by atoms with E-state index in [1.807, 2.05) is 0 Å². The van der Waals surface area contributed by atoms with Gasteiger partial charge >= 0.3 is 12.1 Å². The Morgan fingerprint density at radius 3 is 2.15 bits per heavy atom. The van der Waals surface area contributed by atoms with Crippen molar-refractivity contribution in [3.63, 3.8) is 0 Å². The first-order chi connectivity index (χ1) is 5.79. The molecule has 0 fully saturated rings. The van der Waals surface area contributed by atoms with Crippen LogP contribution >= 0.6 is 0 Å². The van der Waals surface area contributed by atoms with Crippen LogP contribution in [0.1, 0.15) is 26.7 Å². The second-order valence-corrected chi connectivity index (χ2v) is 3.12. The van der Waals surface area contributed by atoms with Gasteiger partial charge < -0.3 is 5.11 Å². The number of rotatable bonds is 4. The lowest BCUT2D eigenvalue weighted by Crippen LogP contribution is -2.26. The molecule has 0 aromatic rings. The molecule has 0 spiro atoms. The molecule has 0 aliphatic carbocycles. The molecular formula is C8H13F3O2. The Bertz CT molecular complexity index is 177. The molecule has 2 atom stereocenters. The predicted octanol–water partition coefficient (Wildman–Crippen LogP) is 2.69. The van der Waals surface area contributed by atoms with Crippen molar-refractivity contribution in [3.8, 4) is 0 Å². The fourth-order valence-corrected chi connectivity index (χ4v) is 1.06. The van der Waals surface area contributed by atoms with Gasteiger partial charge in [-0.05, 0) is 12.8 Å². The Morgan fingerprint density at radius 2 is 1.92 bits per heavy atom. The quantitative estimate of drug-likeness (QED) is 0.754. The first-order valence-electron chi connectivity index (χ1n) is 4.08. The Morgan fingerprint density at radius 1 is 1.46 bits per heavy atom. The molecule has 2 unspecified atom stereocenters. The van der Waals surface area contributed by atoms with Gasteiger partial charge in [0, 0.05) is 0 Å². The van der Waals surface area contributed by atoms with Gasteiger partial charge in [0.15, 0.2) is 0 Å². The lowest BCUT2D eigenvalue weighted by atomic mass is 9.93. The van der Waals surface area contributed by atoms with Crippen LogP contribution in [0.5, 0.6) is 0 Å². The summed E-state index contributed by atoms with van der Waals surface area (Å²) in [5, 5.41) is 8.42. The highest BCUT2D eigenvalue weighted by Crippen LogP contribution is 2.33. The summed E-state index contributed by atoms with van der Waals surface area (Å²) < 4.78 is 36.5. The minimum atomic E-state index is -4.28. The van der Waals surface area contributed by atoms with E-state index in [2.05, 4.69) is 0 Å². The van der Waals surface area contributed by atoms with Crippen LogP contribution in [-0.4, -0.2) is 17.3 Å². The van der Waals surface area contributed by atoms with Crippen molar-refractivity contribution in [3.05, 3.63) is 0 Å². The molecule has 0 saturated carbocycles. The Labute approximate surface area is 74.7 Å². The van der Waals surface area contributed by atoms with Crippen molar-refractivity contribution < 1.29 is 23.1 Å². The van der Waals surface area contributed by atoms with Gasteiger partial charge in [-0.2, -0.15) is 13.2 Å². The summed E-state index contributed by atoms with van der Waals surface area (Å²) in [5.74, 6) is -3.62. The number of hydrogen-bond donors (Lipinski definition) is 1. The molecule has 0 aromatic heterocycles. The van der Waals surface area contributed by atoms with Crippen molar-refractivity contribution in [2.24, 2.45) is 11.8 Å². The zero-order valence-electron chi connectivity index (χ0n) is 7.56. The third kappa shape index (κ3) is 4.15. The molecule has 0 rings (SSSR count). The maximum absolute atomic E-state index is 12.2. The molecule has 1 N–H and O–H groups in total. The van der Waals surface area contributed by atoms with E-state index < -0.39 is 24.0 Å². The zero-order valence-corrected chi connectivity index (χ0v) is 7.56. The monoisotopic (exact) mass is 198 g/mol. The molecule has 0 bridgehead atoms. The topological polar surface area (TPSA) is 37.3 Å². The lowest BCUT2D eigenvalue weighted by Gasteiger charge is -2.20. The number of alkyl halides is 3. The second kappa shape index (κ2) is 4.48. The summed E-state index contributed by atoms with van der Waals surface area (Å²) in [5.41, 5.74) is 0. The fraction of sp³-hybridized carbons (Fsp3) is 0.875. The molecule has 0 aromatic carbocycles. The van der Waals surface area contributed by atoms with E-state index in [0.29, 0.717) is 0 Å². The summed E-state index contributed by atoms with van der Waals surface area (Å²) in [6.07, 6.45) is -4.69. The van der Waals surface area contributed by atoms with E-state index in [1.165, 1.54) is 13.8 Å². The molecule has 78 valence electrons. The number of halogens is 3. The van der Waals surface area contributed by atoms with Crippen LogP contribution in [0.2, 0.25) is 0 Å². The third-order valence-electron chi connectivity index (χ3n) is 2.02. The summed E-state index contributed by atoms with van der Waals surface area (Å²) in [6.45, 7) is 2.70. The van der Waals surface area contributed by atoms with Gasteiger partial charge in [0.05, 0.1) is 11.8 Å². The molecule has 2 nitrogen and oxygen atoms in total. The molecule has 0 aliphatic heterocycles. The highest BCUT2D eigenvalue weighted by Gasteiger charge is 2.39. The zero-order chi connectivity index (χ0) is 10.6. The summed E-state index contributed by atoms with van der Waals surface area (Å²) in [4.78, 5) is 10.3. The van der Waals surface area contributed by atoms with Gasteiger partial charge in [0.1, 0.15) is 0 Å². The third-order valence-corrected chi connectivity index (χ3v) is 2.02. The molecule has 0 saturated heterocycles. The number of hydrogen-bond acceptors (Lipinski definition) is 1. The van der Waals surface area contributed by atoms with Gasteiger partial charge in [0.2, 0.25) is 0 Å². The molecule has 0 aliphatic rings. The van der Waals surface area contributed by atoms with E-state index in [-0.39, 0.29) is 12.8 Å². The van der Waals surface area contributed by atoms with E-state index in [9.17, 15) is 18.0 Å². The summed E-state index contributed by atoms with van der Waals surface area (Å²) in [7, 11) is 0. The van der Waals surface area contributed by atoms with Crippen LogP contribution in [-0.2, 0) is 4.79 Å². The standard InChI is InChI=1S/C8H13F3O2/c1-3-6(8(9,10)11)4-5(2)7(12)13/h5-6H,3-4H2,1-2H3,(H,12,13). The maximum atomic E-state index is 12.2. The normalized spacial score (nSPS) is 16.7. The van der Waals surface area contributed by atoms with Crippen LogP contribution in [0.4, 0.5) is 13.2 Å². The van der Waals surface area contributed by atoms with Gasteiger partial charge in [-0.25, -0.2) is 0 Å². The van der Waals surface area contributed by atoms with E-state index >= 15 is 0 Å². The second-order valence-electron chi connectivity index (χ2n) is 3.12. The van der Waals surface area contributed by atoms with Crippen LogP contribution in [0.3, 0.4) is 0 Å². The fourth-order valence-electron chi connectivity index (χ4n) is 1.06. The molecule has 13 heavy (non-hydrogen) atoms. The average molecular weight is 198 g/mol. The Balaban J connectivity index is 4.22. The first-order valence-corrected chi connectivity index (χ1v) is 4.08. The smallest absolute Gasteiger partial charge is 0.391 e. The predicted molar refractivity (Wildman–Crippen MR) is 41.3 cm³/mol. The lowest BCUT2D eigenvalue weighted by molar-refractivity contribution is -0.181. The van der Waals surface area contributed by atoms with Gasteiger partial charge in [-0.3, -0.25) is 4.79 Å². The number of carbonyl (C=O) groups is 1. The van der Waals surface area contributed by atoms with Crippen molar-refractivity contribution in [1.82, 2.24) is 0 Å². The molecular weight excluding hydrogens is 185 g/mol. The highest BCUT2D eigenvalue weighted by molar-refractivity contribution is 5.69. The van der Waals surface area contributed by atoms with Crippen molar-refractivity contribution >= 4 is 5.97 Å². The van der Waals surface area contributed by atoms with Crippen molar-refractivity contribution in [1.29, 1.82) is 0 Å². The van der Waals surface area contributed by atoms with Crippen molar-refractivity contribution in [2.75, 3.05) is 0 Å². The highest BCUT2D eigenvalue weighted by atomic mass is 19.4. The van der Waals surface area contributed by atoms with Crippen LogP contribution in [0, 0.1) is 11.8 Å². The maximum Gasteiger partial charge on any atom is 0.391 e. The summed E-state index contributed by atoms with van der Waals surface area (Å²) >= 11 is 0. The van der Waals surface area contributed by atoms with E-state index in [4.69, 9.17) is 5.11 Å². The molecule has 5 heteroatoms. The Kier molecular flexibility index (Phi) is 4.23.